The zero-order chi connectivity index (χ0) is 92.6. The van der Waals surface area contributed by atoms with E-state index in [1.165, 1.54) is 208 Å². The molecule has 654 valence electrons. The summed E-state index contributed by atoms with van der Waals surface area (Å²) in [7, 11) is 0. The van der Waals surface area contributed by atoms with Gasteiger partial charge in [-0.2, -0.15) is 0 Å². The normalized spacial score (nSPS) is 12.0. The molecule has 0 unspecified atom stereocenters. The van der Waals surface area contributed by atoms with Crippen molar-refractivity contribution < 1.29 is 0 Å². The number of hydrogen-bond acceptors (Lipinski definition) is 9. The predicted molar refractivity (Wildman–Crippen MR) is 583 cm³/mol. The van der Waals surface area contributed by atoms with E-state index in [1.807, 2.05) is 93.0 Å². The van der Waals surface area contributed by atoms with E-state index in [2.05, 4.69) is 420 Å². The summed E-state index contributed by atoms with van der Waals surface area (Å²) in [5, 5.41) is 24.7. The van der Waals surface area contributed by atoms with Gasteiger partial charge in [-0.05, 0) is 249 Å². The average molecular weight is 1800 g/mol. The zero-order valence-corrected chi connectivity index (χ0v) is 76.0. The summed E-state index contributed by atoms with van der Waals surface area (Å²) in [4.78, 5) is 40.6. The molecule has 0 bridgehead atoms. The fraction of sp³-hybridized carbons (Fsp3) is 0.00781. The van der Waals surface area contributed by atoms with E-state index in [0.717, 1.165) is 83.1 Å². The van der Waals surface area contributed by atoms with Crippen LogP contribution in [0.25, 0.3) is 285 Å². The lowest BCUT2D eigenvalue weighted by molar-refractivity contribution is 1.20. The van der Waals surface area contributed by atoms with Crippen LogP contribution in [0.3, 0.4) is 0 Å². The van der Waals surface area contributed by atoms with E-state index < -0.39 is 0 Å². The molecule has 0 radical (unpaired) electrons. The van der Waals surface area contributed by atoms with Gasteiger partial charge in [0.2, 0.25) is 0 Å². The van der Waals surface area contributed by atoms with Crippen LogP contribution < -0.4 is 0 Å². The molecule has 0 amide bonds. The van der Waals surface area contributed by atoms with E-state index in [0.29, 0.717) is 0 Å². The molecule has 0 atom stereocenters. The van der Waals surface area contributed by atoms with Gasteiger partial charge in [-0.3, -0.25) is 24.9 Å². The number of aryl methyl sites for hydroxylation is 1. The molecule has 16 aromatic heterocycles. The molecule has 0 saturated carbocycles. The highest BCUT2D eigenvalue weighted by Crippen LogP contribution is 2.50. The van der Waals surface area contributed by atoms with Crippen molar-refractivity contribution in [3.63, 3.8) is 0 Å². The number of fused-ring (bicyclic) bond motifs is 28. The van der Waals surface area contributed by atoms with E-state index in [4.69, 9.17) is 0 Å². The van der Waals surface area contributed by atoms with E-state index in [1.54, 1.807) is 6.33 Å². The van der Waals surface area contributed by atoms with Gasteiger partial charge >= 0.3 is 0 Å². The van der Waals surface area contributed by atoms with Gasteiger partial charge < -0.3 is 17.6 Å². The van der Waals surface area contributed by atoms with Crippen LogP contribution in [0.2, 0.25) is 0 Å². The minimum atomic E-state index is 0.782. The van der Waals surface area contributed by atoms with Gasteiger partial charge in [0.25, 0.3) is 0 Å². The summed E-state index contributed by atoms with van der Waals surface area (Å²) in [6.45, 7) is 2.04. The minimum Gasteiger partial charge on any atom is -0.308 e. The zero-order valence-electron chi connectivity index (χ0n) is 76.0. The van der Waals surface area contributed by atoms with Crippen LogP contribution in [0.4, 0.5) is 0 Å². The number of para-hydroxylation sites is 6. The Morgan fingerprint density at radius 3 is 1.17 bits per heavy atom. The molecule has 0 spiro atoms. The fourth-order valence-electron chi connectivity index (χ4n) is 22.9. The van der Waals surface area contributed by atoms with Crippen molar-refractivity contribution in [2.75, 3.05) is 0 Å². The van der Waals surface area contributed by atoms with Crippen LogP contribution in [0.15, 0.2) is 450 Å². The van der Waals surface area contributed by atoms with Crippen molar-refractivity contribution in [3.8, 4) is 89.1 Å². The Bertz CT molecular complexity index is 10300. The lowest BCUT2D eigenvalue weighted by Crippen LogP contribution is -1.90. The van der Waals surface area contributed by atoms with Crippen molar-refractivity contribution >= 4 is 196 Å². The highest BCUT2D eigenvalue weighted by Gasteiger charge is 2.27. The Hall–Kier alpha value is -19.1. The van der Waals surface area contributed by atoms with Gasteiger partial charge in [-0.25, -0.2) is 19.9 Å². The molecule has 16 heterocycles. The van der Waals surface area contributed by atoms with Crippen molar-refractivity contribution in [1.29, 1.82) is 0 Å². The summed E-state index contributed by atoms with van der Waals surface area (Å²) in [5.41, 5.74) is 38.3. The molecule has 0 saturated heterocycles. The van der Waals surface area contributed by atoms with Crippen LogP contribution in [0.1, 0.15) is 5.69 Å². The van der Waals surface area contributed by atoms with E-state index in [-0.39, 0.29) is 0 Å². The Kier molecular flexibility index (Phi) is 17.7. The third kappa shape index (κ3) is 12.4. The SMILES string of the molecule is Cc1cc(-c2cc3c4ccccc4n4c5ccc(-c6ccccn6)cc5c(c2)c34)c2cccnc2n1.c1cc(-c2cc3c4ccccc4n4c5ccccc5c(c2)c34)cc(-c2cccc3cncnc23)c1.c1ccc(-c2ccc3c(c2)c2cc(-c4ccnc5cccnc45)cc4c5ccccc5n3c42)cc1.c1ccc(-c2ccc3c(c2)c2cc(-c4cncc5cnccc45)cc4c5ccccc5n3c42)cc1. The second-order valence-corrected chi connectivity index (χ2v) is 36.8. The smallest absolute Gasteiger partial charge is 0.159 e. The van der Waals surface area contributed by atoms with Gasteiger partial charge in [0.15, 0.2) is 5.65 Å². The van der Waals surface area contributed by atoms with E-state index in [9.17, 15) is 0 Å². The van der Waals surface area contributed by atoms with Crippen LogP contribution in [-0.4, -0.2) is 62.5 Å². The van der Waals surface area contributed by atoms with Crippen molar-refractivity contribution in [2.45, 2.75) is 6.92 Å². The van der Waals surface area contributed by atoms with Crippen LogP contribution in [0.5, 0.6) is 0 Å². The lowest BCUT2D eigenvalue weighted by atomic mass is 9.95. The molecule has 16 aromatic carbocycles. The standard InChI is InChI=1S/C32H20N4.3C32H19N3/c1-19-15-24(23-8-6-14-34-32(23)35-19)21-17-26-22-7-2-3-10-29(22)36-30-12-11-20(28-9-4-5-13-33-28)16-25(30)27(18-21)31(26)36;1-3-13-29-25(10-1)27-16-23(17-28-26-11-2-4-14-30(26)35(29)32(27)28)20-7-5-8-21(15-20)24-12-6-9-22-18-33-19-34-31(22)24;1-2-7-20(8-3-1)21-12-13-30-25(17-21)27-19-22(23-14-16-33-28-10-6-15-34-31(23)28)18-26-24-9-4-5-11-29(24)35(30)32(26)27;1-2-6-20(7-3-1)21-10-11-31-26(14-21)28-16-22(29-19-34-18-23-17-33-13-12-24(23)29)15-27-25-8-4-5-9-30(25)35(31)32(27)28/h2-18H,1H3;3*1-19H. The van der Waals surface area contributed by atoms with Crippen LogP contribution in [0, 0.1) is 6.92 Å². The maximum Gasteiger partial charge on any atom is 0.159 e. The molecular formula is C128H77N13. The topological polar surface area (TPSA) is 134 Å². The number of hydrogen-bond donors (Lipinski definition) is 0. The van der Waals surface area contributed by atoms with E-state index >= 15 is 0 Å². The molecular weight excluding hydrogens is 1720 g/mol. The maximum absolute atomic E-state index is 4.69. The van der Waals surface area contributed by atoms with Gasteiger partial charge in [0.05, 0.1) is 88.4 Å². The Morgan fingerprint density at radius 2 is 0.610 bits per heavy atom. The molecule has 0 fully saturated rings. The molecule has 0 aliphatic heterocycles. The first-order chi connectivity index (χ1) is 69.9. The van der Waals surface area contributed by atoms with Crippen LogP contribution in [-0.2, 0) is 0 Å². The molecule has 32 rings (SSSR count). The summed E-state index contributed by atoms with van der Waals surface area (Å²) in [5.74, 6) is 0. The molecule has 13 nitrogen and oxygen atoms in total. The summed E-state index contributed by atoms with van der Waals surface area (Å²) < 4.78 is 9.69. The average Bonchev–Trinajstić information content (AvgIpc) is 1.56. The number of pyridine rings is 7. The second kappa shape index (κ2) is 31.5. The molecule has 141 heavy (non-hydrogen) atoms. The summed E-state index contributed by atoms with van der Waals surface area (Å²) in [6.07, 6.45) is 18.5. The predicted octanol–water partition coefficient (Wildman–Crippen LogP) is 32.2. The largest absolute Gasteiger partial charge is 0.308 e. The van der Waals surface area contributed by atoms with Gasteiger partial charge in [0.1, 0.15) is 6.33 Å². The highest BCUT2D eigenvalue weighted by molar-refractivity contribution is 6.30. The highest BCUT2D eigenvalue weighted by atomic mass is 14.9. The third-order valence-corrected chi connectivity index (χ3v) is 29.0. The van der Waals surface area contributed by atoms with Crippen molar-refractivity contribution in [2.24, 2.45) is 0 Å². The Labute approximate surface area is 805 Å². The molecule has 0 N–H and O–H groups in total. The first kappa shape index (κ1) is 79.3. The Balaban J connectivity index is 0.0000000900. The van der Waals surface area contributed by atoms with Crippen molar-refractivity contribution in [3.05, 3.63) is 456 Å². The quantitative estimate of drug-likeness (QED) is 0.146. The third-order valence-electron chi connectivity index (χ3n) is 29.0. The summed E-state index contributed by atoms with van der Waals surface area (Å²) >= 11 is 0. The van der Waals surface area contributed by atoms with Gasteiger partial charge in [-0.1, -0.05) is 212 Å². The molecule has 13 heteroatoms. The number of aromatic nitrogens is 13. The second-order valence-electron chi connectivity index (χ2n) is 36.8. The Morgan fingerprint density at radius 1 is 0.191 bits per heavy atom. The number of nitrogens with zero attached hydrogens (tertiary/aromatic N) is 13. The molecule has 0 aliphatic carbocycles. The first-order valence-electron chi connectivity index (χ1n) is 47.6. The van der Waals surface area contributed by atoms with Gasteiger partial charge in [-0.15, -0.1) is 0 Å². The molecule has 0 aliphatic rings. The number of benzene rings is 16. The van der Waals surface area contributed by atoms with Crippen LogP contribution >= 0.6 is 0 Å². The van der Waals surface area contributed by atoms with Gasteiger partial charge in [0, 0.05) is 186 Å². The number of rotatable bonds is 8. The first-order valence-corrected chi connectivity index (χ1v) is 47.6. The maximum atomic E-state index is 4.69. The summed E-state index contributed by atoms with van der Waals surface area (Å²) in [6, 6.07) is 139. The monoisotopic (exact) mass is 1800 g/mol. The fourth-order valence-corrected chi connectivity index (χ4v) is 22.9. The molecule has 32 aromatic rings. The minimum absolute atomic E-state index is 0.782. The lowest BCUT2D eigenvalue weighted by Gasteiger charge is -2.09. The van der Waals surface area contributed by atoms with Crippen molar-refractivity contribution in [1.82, 2.24) is 62.5 Å².